The Morgan fingerprint density at radius 2 is 2.29 bits per heavy atom. The van der Waals surface area contributed by atoms with Gasteiger partial charge in [0, 0.05) is 29.9 Å². The average Bonchev–Trinajstić information content (AvgIpc) is 2.51. The number of terminal acetylenes is 1. The maximum absolute atomic E-state index is 10.2. The molecule has 2 heteroatoms. The molecular formula is C15H21NO. The van der Waals surface area contributed by atoms with E-state index in [9.17, 15) is 5.11 Å². The van der Waals surface area contributed by atoms with Gasteiger partial charge in [-0.1, -0.05) is 13.8 Å². The van der Waals surface area contributed by atoms with E-state index in [0.717, 1.165) is 31.4 Å². The molecule has 2 nitrogen and oxygen atoms in total. The molecule has 1 unspecified atom stereocenters. The van der Waals surface area contributed by atoms with E-state index in [1.807, 2.05) is 0 Å². The molecule has 0 aliphatic heterocycles. The second-order valence-electron chi connectivity index (χ2n) is 5.85. The monoisotopic (exact) mass is 231 g/mol. The fraction of sp³-hybridized carbons (Fsp3) is 0.600. The van der Waals surface area contributed by atoms with E-state index in [1.165, 1.54) is 11.4 Å². The topological polar surface area (TPSA) is 25.2 Å². The van der Waals surface area contributed by atoms with Gasteiger partial charge in [0.05, 0.1) is 6.10 Å². The summed E-state index contributed by atoms with van der Waals surface area (Å²) in [5, 5.41) is 10.2. The third kappa shape index (κ3) is 2.25. The van der Waals surface area contributed by atoms with E-state index in [-0.39, 0.29) is 11.5 Å². The molecule has 0 amide bonds. The van der Waals surface area contributed by atoms with Crippen LogP contribution in [-0.4, -0.2) is 9.67 Å². The Morgan fingerprint density at radius 1 is 1.59 bits per heavy atom. The lowest BCUT2D eigenvalue weighted by molar-refractivity contribution is 0.0980. The summed E-state index contributed by atoms with van der Waals surface area (Å²) in [5.41, 5.74) is 3.77. The maximum atomic E-state index is 10.2. The summed E-state index contributed by atoms with van der Waals surface area (Å²) in [7, 11) is 0. The van der Waals surface area contributed by atoms with Crippen LogP contribution in [0.15, 0.2) is 6.07 Å². The summed E-state index contributed by atoms with van der Waals surface area (Å²) < 4.78 is 2.28. The molecule has 0 radical (unpaired) electrons. The van der Waals surface area contributed by atoms with Crippen LogP contribution < -0.4 is 0 Å². The van der Waals surface area contributed by atoms with Gasteiger partial charge < -0.3 is 9.67 Å². The van der Waals surface area contributed by atoms with Crippen molar-refractivity contribution >= 4 is 0 Å². The molecule has 1 N–H and O–H groups in total. The Balaban J connectivity index is 2.40. The van der Waals surface area contributed by atoms with Gasteiger partial charge >= 0.3 is 0 Å². The largest absolute Gasteiger partial charge is 0.388 e. The quantitative estimate of drug-likeness (QED) is 0.778. The maximum Gasteiger partial charge on any atom is 0.0812 e. The highest BCUT2D eigenvalue weighted by Gasteiger charge is 2.33. The third-order valence-electron chi connectivity index (χ3n) is 3.68. The van der Waals surface area contributed by atoms with Gasteiger partial charge in [0.2, 0.25) is 0 Å². The highest BCUT2D eigenvalue weighted by molar-refractivity contribution is 5.33. The molecule has 1 aliphatic rings. The van der Waals surface area contributed by atoms with Crippen LogP contribution in [0.1, 0.15) is 49.7 Å². The van der Waals surface area contributed by atoms with Crippen LogP contribution >= 0.6 is 0 Å². The Labute approximate surface area is 104 Å². The van der Waals surface area contributed by atoms with Crippen molar-refractivity contribution in [1.82, 2.24) is 4.57 Å². The molecule has 1 aromatic heterocycles. The SMILES string of the molecule is C#CCCn1c(C)cc2c1CC(C)(C)CC2O. The fourth-order valence-electron chi connectivity index (χ4n) is 2.89. The van der Waals surface area contributed by atoms with Gasteiger partial charge in [0.25, 0.3) is 0 Å². The van der Waals surface area contributed by atoms with Gasteiger partial charge in [-0.3, -0.25) is 0 Å². The molecule has 92 valence electrons. The molecule has 17 heavy (non-hydrogen) atoms. The molecule has 0 bridgehead atoms. The minimum atomic E-state index is -0.320. The summed E-state index contributed by atoms with van der Waals surface area (Å²) in [5.74, 6) is 2.69. The molecular weight excluding hydrogens is 210 g/mol. The standard InChI is InChI=1S/C15H21NO/c1-5-6-7-16-11(2)8-12-13(16)9-15(3,4)10-14(12)17/h1,8,14,17H,6-7,9-10H2,2-4H3. The number of hydrogen-bond donors (Lipinski definition) is 1. The highest BCUT2D eigenvalue weighted by atomic mass is 16.3. The first-order valence-electron chi connectivity index (χ1n) is 6.25. The number of aliphatic hydroxyl groups is 1. The molecule has 2 rings (SSSR count). The minimum absolute atomic E-state index is 0.172. The van der Waals surface area contributed by atoms with Gasteiger partial charge in [-0.05, 0) is 31.2 Å². The number of aryl methyl sites for hydroxylation is 1. The van der Waals surface area contributed by atoms with E-state index < -0.39 is 0 Å². The van der Waals surface area contributed by atoms with Gasteiger partial charge in [-0.25, -0.2) is 0 Å². The zero-order valence-electron chi connectivity index (χ0n) is 11.0. The zero-order valence-corrected chi connectivity index (χ0v) is 11.0. The Bertz CT molecular complexity index is 462. The van der Waals surface area contributed by atoms with Crippen LogP contribution in [-0.2, 0) is 13.0 Å². The summed E-state index contributed by atoms with van der Waals surface area (Å²) in [6.07, 6.45) is 7.64. The van der Waals surface area contributed by atoms with E-state index in [1.54, 1.807) is 0 Å². The Morgan fingerprint density at radius 3 is 2.94 bits per heavy atom. The van der Waals surface area contributed by atoms with Gasteiger partial charge in [-0.2, -0.15) is 0 Å². The average molecular weight is 231 g/mol. The third-order valence-corrected chi connectivity index (χ3v) is 3.68. The Hall–Kier alpha value is -1.20. The molecule has 0 aromatic carbocycles. The summed E-state index contributed by atoms with van der Waals surface area (Å²) in [4.78, 5) is 0. The first kappa shape index (κ1) is 12.3. The number of fused-ring (bicyclic) bond motifs is 1. The number of rotatable bonds is 2. The van der Waals surface area contributed by atoms with Crippen LogP contribution in [0.2, 0.25) is 0 Å². The lowest BCUT2D eigenvalue weighted by Gasteiger charge is -2.34. The number of aliphatic hydroxyl groups excluding tert-OH is 1. The van der Waals surface area contributed by atoms with Crippen LogP contribution in [0.25, 0.3) is 0 Å². The van der Waals surface area contributed by atoms with Crippen LogP contribution in [0.5, 0.6) is 0 Å². The number of aromatic nitrogens is 1. The first-order chi connectivity index (χ1) is 7.94. The van der Waals surface area contributed by atoms with Crippen molar-refractivity contribution < 1.29 is 5.11 Å². The summed E-state index contributed by atoms with van der Waals surface area (Å²) in [6.45, 7) is 7.38. The van der Waals surface area contributed by atoms with Crippen molar-refractivity contribution in [2.24, 2.45) is 5.41 Å². The lowest BCUT2D eigenvalue weighted by atomic mass is 9.75. The fourth-order valence-corrected chi connectivity index (χ4v) is 2.89. The van der Waals surface area contributed by atoms with Crippen molar-refractivity contribution in [2.75, 3.05) is 0 Å². The summed E-state index contributed by atoms with van der Waals surface area (Å²) >= 11 is 0. The number of hydrogen-bond acceptors (Lipinski definition) is 1. The van der Waals surface area contributed by atoms with Gasteiger partial charge in [-0.15, -0.1) is 12.3 Å². The minimum Gasteiger partial charge on any atom is -0.388 e. The highest BCUT2D eigenvalue weighted by Crippen LogP contribution is 2.41. The number of nitrogens with zero attached hydrogens (tertiary/aromatic N) is 1. The molecule has 1 aromatic rings. The van der Waals surface area contributed by atoms with Crippen molar-refractivity contribution in [3.63, 3.8) is 0 Å². The Kier molecular flexibility index (Phi) is 3.05. The van der Waals surface area contributed by atoms with Crippen LogP contribution in [0.3, 0.4) is 0 Å². The second-order valence-corrected chi connectivity index (χ2v) is 5.85. The zero-order chi connectivity index (χ0) is 12.6. The van der Waals surface area contributed by atoms with Crippen molar-refractivity contribution in [1.29, 1.82) is 0 Å². The van der Waals surface area contributed by atoms with Gasteiger partial charge in [0.1, 0.15) is 0 Å². The van der Waals surface area contributed by atoms with Crippen molar-refractivity contribution in [3.8, 4) is 12.3 Å². The van der Waals surface area contributed by atoms with E-state index in [2.05, 4.69) is 37.3 Å². The second kappa shape index (κ2) is 4.23. The smallest absolute Gasteiger partial charge is 0.0812 e. The van der Waals surface area contributed by atoms with Gasteiger partial charge in [0.15, 0.2) is 0 Å². The van der Waals surface area contributed by atoms with Crippen LogP contribution in [0.4, 0.5) is 0 Å². The van der Waals surface area contributed by atoms with Crippen molar-refractivity contribution in [2.45, 2.75) is 52.7 Å². The molecule has 0 saturated heterocycles. The van der Waals surface area contributed by atoms with E-state index in [4.69, 9.17) is 6.42 Å². The molecule has 1 heterocycles. The molecule has 1 aliphatic carbocycles. The molecule has 0 spiro atoms. The normalized spacial score (nSPS) is 21.9. The molecule has 1 atom stereocenters. The van der Waals surface area contributed by atoms with Crippen molar-refractivity contribution in [3.05, 3.63) is 23.0 Å². The van der Waals surface area contributed by atoms with E-state index in [0.29, 0.717) is 0 Å². The first-order valence-corrected chi connectivity index (χ1v) is 6.25. The molecule has 0 fully saturated rings. The molecule has 0 saturated carbocycles. The predicted octanol–water partition coefficient (Wildman–Crippen LogP) is 2.83. The summed E-state index contributed by atoms with van der Waals surface area (Å²) in [6, 6.07) is 2.12. The van der Waals surface area contributed by atoms with Crippen LogP contribution in [0, 0.1) is 24.7 Å². The lowest BCUT2D eigenvalue weighted by Crippen LogP contribution is -2.26. The van der Waals surface area contributed by atoms with E-state index >= 15 is 0 Å². The predicted molar refractivity (Wildman–Crippen MR) is 69.7 cm³/mol.